The van der Waals surface area contributed by atoms with Crippen LogP contribution in [0.3, 0.4) is 0 Å². The second kappa shape index (κ2) is 6.72. The fraction of sp³-hybridized carbons (Fsp3) is 0.364. The van der Waals surface area contributed by atoms with Gasteiger partial charge in [-0.25, -0.2) is 0 Å². The number of hydrogen-bond donors (Lipinski definition) is 2. The topological polar surface area (TPSA) is 82.8 Å². The minimum absolute atomic E-state index is 0.168. The van der Waals surface area contributed by atoms with Gasteiger partial charge in [0.05, 0.1) is 14.2 Å². The second-order valence-corrected chi connectivity index (χ2v) is 3.25. The Labute approximate surface area is 99.6 Å². The predicted octanol–water partition coefficient (Wildman–Crippen LogP) is 0.210. The third kappa shape index (κ3) is 4.29. The first kappa shape index (κ1) is 13.3. The van der Waals surface area contributed by atoms with Crippen LogP contribution in [0.1, 0.15) is 5.56 Å². The Morgan fingerprint density at radius 2 is 2.12 bits per heavy atom. The lowest BCUT2D eigenvalue weighted by Gasteiger charge is -2.10. The molecule has 6 nitrogen and oxygen atoms in total. The summed E-state index contributed by atoms with van der Waals surface area (Å²) in [5.74, 6) is 0.863. The van der Waals surface area contributed by atoms with E-state index in [-0.39, 0.29) is 6.61 Å². The molecule has 0 aliphatic rings. The summed E-state index contributed by atoms with van der Waals surface area (Å²) in [5, 5.41) is 0. The maximum atomic E-state index is 10.4. The Morgan fingerprint density at radius 1 is 1.35 bits per heavy atom. The van der Waals surface area contributed by atoms with E-state index in [0.29, 0.717) is 18.0 Å². The van der Waals surface area contributed by atoms with Crippen LogP contribution in [-0.2, 0) is 16.2 Å². The number of methoxy groups -OCH3 is 2. The smallest absolute Gasteiger partial charge is 0.245 e. The van der Waals surface area contributed by atoms with Crippen LogP contribution in [0.4, 0.5) is 0 Å². The Hall–Kier alpha value is -1.79. The maximum Gasteiger partial charge on any atom is 0.245 e. The zero-order valence-electron chi connectivity index (χ0n) is 9.86. The molecule has 1 aromatic carbocycles. The van der Waals surface area contributed by atoms with E-state index in [1.165, 1.54) is 0 Å². The summed E-state index contributed by atoms with van der Waals surface area (Å²) in [6, 6.07) is 5.43. The molecule has 3 N–H and O–H groups in total. The van der Waals surface area contributed by atoms with Crippen molar-refractivity contribution in [2.45, 2.75) is 6.54 Å². The number of ether oxygens (including phenoxy) is 2. The van der Waals surface area contributed by atoms with Crippen LogP contribution < -0.4 is 20.7 Å². The van der Waals surface area contributed by atoms with Crippen molar-refractivity contribution in [1.82, 2.24) is 5.48 Å². The Balaban J connectivity index is 2.55. The quantitative estimate of drug-likeness (QED) is 0.526. The highest BCUT2D eigenvalue weighted by Gasteiger charge is 2.04. The van der Waals surface area contributed by atoms with E-state index in [4.69, 9.17) is 20.0 Å². The second-order valence-electron chi connectivity index (χ2n) is 3.25. The molecule has 94 valence electrons. The molecule has 0 aliphatic heterocycles. The maximum absolute atomic E-state index is 10.4. The number of carbonyl (C=O) groups is 1. The minimum atomic E-state index is -0.529. The van der Waals surface area contributed by atoms with E-state index in [9.17, 15) is 4.79 Å². The van der Waals surface area contributed by atoms with Crippen molar-refractivity contribution >= 4 is 5.91 Å². The molecule has 17 heavy (non-hydrogen) atoms. The molecular weight excluding hydrogens is 224 g/mol. The number of carbonyl (C=O) groups excluding carboxylic acids is 1. The van der Waals surface area contributed by atoms with Gasteiger partial charge < -0.3 is 15.2 Å². The number of hydrogen-bond acceptors (Lipinski definition) is 5. The lowest BCUT2D eigenvalue weighted by atomic mass is 10.2. The van der Waals surface area contributed by atoms with Crippen molar-refractivity contribution in [3.8, 4) is 11.5 Å². The first-order valence-corrected chi connectivity index (χ1v) is 5.01. The van der Waals surface area contributed by atoms with Gasteiger partial charge in [-0.15, -0.1) is 0 Å². The lowest BCUT2D eigenvalue weighted by Crippen LogP contribution is -2.24. The largest absolute Gasteiger partial charge is 0.497 e. The third-order valence-corrected chi connectivity index (χ3v) is 2.07. The molecule has 0 radical (unpaired) electrons. The Kier molecular flexibility index (Phi) is 5.25. The average Bonchev–Trinajstić information content (AvgIpc) is 2.34. The number of nitrogens with two attached hydrogens (primary N) is 1. The van der Waals surface area contributed by atoms with Gasteiger partial charge in [0.1, 0.15) is 18.1 Å². The van der Waals surface area contributed by atoms with Gasteiger partial charge >= 0.3 is 0 Å². The van der Waals surface area contributed by atoms with Crippen LogP contribution >= 0.6 is 0 Å². The van der Waals surface area contributed by atoms with Crippen LogP contribution in [0.25, 0.3) is 0 Å². The van der Waals surface area contributed by atoms with Gasteiger partial charge in [0.25, 0.3) is 0 Å². The van der Waals surface area contributed by atoms with Gasteiger partial charge in [0, 0.05) is 18.2 Å². The molecule has 0 aromatic heterocycles. The fourth-order valence-electron chi connectivity index (χ4n) is 1.25. The molecular formula is C11H16N2O4. The number of nitrogens with one attached hydrogen (secondary N) is 1. The van der Waals surface area contributed by atoms with Crippen LogP contribution in [-0.4, -0.2) is 26.7 Å². The van der Waals surface area contributed by atoms with E-state index in [1.807, 2.05) is 12.1 Å². The molecule has 1 amide bonds. The summed E-state index contributed by atoms with van der Waals surface area (Å²) in [4.78, 5) is 15.3. The van der Waals surface area contributed by atoms with Gasteiger partial charge in [-0.1, -0.05) is 6.07 Å². The standard InChI is InChI=1S/C11H16N2O4/c1-15-9-4-3-8(10(5-9)16-2)6-13-17-7-11(12)14/h3-5,13H,6-7H2,1-2H3,(H2,12,14). The first-order chi connectivity index (χ1) is 8.17. The molecule has 0 fully saturated rings. The van der Waals surface area contributed by atoms with E-state index < -0.39 is 5.91 Å². The number of benzene rings is 1. The van der Waals surface area contributed by atoms with E-state index in [2.05, 4.69) is 5.48 Å². The molecule has 0 spiro atoms. The monoisotopic (exact) mass is 240 g/mol. The summed E-state index contributed by atoms with van der Waals surface area (Å²) >= 11 is 0. The molecule has 6 heteroatoms. The number of primary amides is 1. The Morgan fingerprint density at radius 3 is 2.71 bits per heavy atom. The van der Waals surface area contributed by atoms with Crippen LogP contribution in [0.5, 0.6) is 11.5 Å². The number of rotatable bonds is 7. The van der Waals surface area contributed by atoms with Crippen molar-refractivity contribution < 1.29 is 19.1 Å². The molecule has 0 saturated carbocycles. The molecule has 0 bridgehead atoms. The van der Waals surface area contributed by atoms with E-state index >= 15 is 0 Å². The predicted molar refractivity (Wildman–Crippen MR) is 61.5 cm³/mol. The summed E-state index contributed by atoms with van der Waals surface area (Å²) in [6.07, 6.45) is 0. The molecule has 0 saturated heterocycles. The summed E-state index contributed by atoms with van der Waals surface area (Å²) in [6.45, 7) is 0.235. The molecule has 1 rings (SSSR count). The Bertz CT molecular complexity index is 382. The van der Waals surface area contributed by atoms with Crippen LogP contribution in [0, 0.1) is 0 Å². The highest BCUT2D eigenvalue weighted by molar-refractivity contribution is 5.74. The molecule has 0 aliphatic carbocycles. The van der Waals surface area contributed by atoms with Crippen molar-refractivity contribution in [3.63, 3.8) is 0 Å². The van der Waals surface area contributed by atoms with Crippen molar-refractivity contribution in [2.75, 3.05) is 20.8 Å². The van der Waals surface area contributed by atoms with E-state index in [0.717, 1.165) is 5.56 Å². The van der Waals surface area contributed by atoms with Crippen LogP contribution in [0.15, 0.2) is 18.2 Å². The molecule has 0 unspecified atom stereocenters. The highest BCUT2D eigenvalue weighted by atomic mass is 16.6. The first-order valence-electron chi connectivity index (χ1n) is 5.01. The fourth-order valence-corrected chi connectivity index (χ4v) is 1.25. The van der Waals surface area contributed by atoms with E-state index in [1.54, 1.807) is 20.3 Å². The highest BCUT2D eigenvalue weighted by Crippen LogP contribution is 2.24. The van der Waals surface area contributed by atoms with Gasteiger partial charge in [-0.3, -0.25) is 9.63 Å². The van der Waals surface area contributed by atoms with Gasteiger partial charge in [0.2, 0.25) is 5.91 Å². The van der Waals surface area contributed by atoms with Gasteiger partial charge in [-0.2, -0.15) is 5.48 Å². The summed E-state index contributed by atoms with van der Waals surface area (Å²) in [7, 11) is 3.16. The zero-order valence-corrected chi connectivity index (χ0v) is 9.86. The van der Waals surface area contributed by atoms with Crippen molar-refractivity contribution in [3.05, 3.63) is 23.8 Å². The number of hydroxylamine groups is 1. The normalized spacial score (nSPS) is 10.0. The van der Waals surface area contributed by atoms with Gasteiger partial charge in [0.15, 0.2) is 0 Å². The third-order valence-electron chi connectivity index (χ3n) is 2.07. The number of amides is 1. The van der Waals surface area contributed by atoms with Crippen molar-refractivity contribution in [1.29, 1.82) is 0 Å². The summed E-state index contributed by atoms with van der Waals surface area (Å²) < 4.78 is 10.3. The van der Waals surface area contributed by atoms with Crippen molar-refractivity contribution in [2.24, 2.45) is 5.73 Å². The minimum Gasteiger partial charge on any atom is -0.497 e. The van der Waals surface area contributed by atoms with Crippen LogP contribution in [0.2, 0.25) is 0 Å². The molecule has 1 aromatic rings. The lowest BCUT2D eigenvalue weighted by molar-refractivity contribution is -0.125. The molecule has 0 heterocycles. The SMILES string of the molecule is COc1ccc(CNOCC(N)=O)c(OC)c1. The zero-order chi connectivity index (χ0) is 12.7. The molecule has 0 atom stereocenters. The van der Waals surface area contributed by atoms with Gasteiger partial charge in [-0.05, 0) is 6.07 Å². The average molecular weight is 240 g/mol. The summed E-state index contributed by atoms with van der Waals surface area (Å²) in [5.41, 5.74) is 8.43.